The lowest BCUT2D eigenvalue weighted by Crippen LogP contribution is -2.36. The molecule has 0 aromatic heterocycles. The molecule has 0 saturated carbocycles. The van der Waals surface area contributed by atoms with E-state index in [2.05, 4.69) is 21.2 Å². The van der Waals surface area contributed by atoms with Crippen molar-refractivity contribution in [3.63, 3.8) is 0 Å². The number of amides is 1. The molecule has 0 bridgehead atoms. The molecule has 0 saturated heterocycles. The van der Waals surface area contributed by atoms with Crippen molar-refractivity contribution in [2.75, 3.05) is 0 Å². The van der Waals surface area contributed by atoms with E-state index in [1.807, 2.05) is 6.92 Å². The second-order valence-electron chi connectivity index (χ2n) is 4.22. The van der Waals surface area contributed by atoms with Gasteiger partial charge < -0.3 is 15.5 Å². The van der Waals surface area contributed by atoms with Gasteiger partial charge in [-0.3, -0.25) is 9.59 Å². The maximum atomic E-state index is 12.0. The molecule has 0 aliphatic heterocycles. The molecule has 1 aromatic rings. The quantitative estimate of drug-likeness (QED) is 0.748. The van der Waals surface area contributed by atoms with Gasteiger partial charge >= 0.3 is 5.97 Å². The highest BCUT2D eigenvalue weighted by atomic mass is 79.9. The second-order valence-corrected chi connectivity index (χ2v) is 5.13. The van der Waals surface area contributed by atoms with Crippen molar-refractivity contribution in [2.45, 2.75) is 32.2 Å². The van der Waals surface area contributed by atoms with Gasteiger partial charge in [0.05, 0.1) is 12.0 Å². The molecule has 1 amide bonds. The summed E-state index contributed by atoms with van der Waals surface area (Å²) < 4.78 is 0.667. The Morgan fingerprint density at radius 1 is 1.42 bits per heavy atom. The number of benzene rings is 1. The first kappa shape index (κ1) is 15.5. The van der Waals surface area contributed by atoms with E-state index in [1.54, 1.807) is 6.07 Å². The van der Waals surface area contributed by atoms with Crippen molar-refractivity contribution < 1.29 is 19.8 Å². The number of carboxylic acid groups (broad SMARTS) is 1. The number of carbonyl (C=O) groups excluding carboxylic acids is 1. The van der Waals surface area contributed by atoms with Crippen molar-refractivity contribution >= 4 is 27.8 Å². The third-order valence-electron chi connectivity index (χ3n) is 2.60. The number of hydrogen-bond acceptors (Lipinski definition) is 3. The van der Waals surface area contributed by atoms with Gasteiger partial charge in [0.1, 0.15) is 5.75 Å². The fraction of sp³-hybridized carbons (Fsp3) is 0.385. The largest absolute Gasteiger partial charge is 0.507 e. The number of aliphatic carboxylic acids is 1. The van der Waals surface area contributed by atoms with Crippen LogP contribution in [0.2, 0.25) is 0 Å². The van der Waals surface area contributed by atoms with E-state index in [0.29, 0.717) is 10.9 Å². The van der Waals surface area contributed by atoms with Crippen LogP contribution in [0.5, 0.6) is 5.75 Å². The highest BCUT2D eigenvalue weighted by Gasteiger charge is 2.18. The molecule has 0 aliphatic rings. The summed E-state index contributed by atoms with van der Waals surface area (Å²) >= 11 is 3.22. The lowest BCUT2D eigenvalue weighted by atomic mass is 10.1. The van der Waals surface area contributed by atoms with E-state index in [4.69, 9.17) is 5.11 Å². The van der Waals surface area contributed by atoms with Gasteiger partial charge in [-0.2, -0.15) is 0 Å². The van der Waals surface area contributed by atoms with Crippen molar-refractivity contribution in [3.05, 3.63) is 28.2 Å². The molecule has 0 heterocycles. The molecule has 0 spiro atoms. The van der Waals surface area contributed by atoms with Crippen molar-refractivity contribution in [2.24, 2.45) is 0 Å². The van der Waals surface area contributed by atoms with E-state index in [9.17, 15) is 14.7 Å². The zero-order valence-corrected chi connectivity index (χ0v) is 12.1. The zero-order valence-electron chi connectivity index (χ0n) is 10.5. The first-order valence-corrected chi connectivity index (χ1v) is 6.74. The topological polar surface area (TPSA) is 86.6 Å². The number of phenolic OH excluding ortho intramolecular Hbond substituents is 1. The number of nitrogens with one attached hydrogen (secondary N) is 1. The van der Waals surface area contributed by atoms with Gasteiger partial charge in [-0.1, -0.05) is 29.3 Å². The monoisotopic (exact) mass is 329 g/mol. The summed E-state index contributed by atoms with van der Waals surface area (Å²) in [6, 6.07) is 4.08. The normalized spacial score (nSPS) is 11.9. The number of carbonyl (C=O) groups is 2. The van der Waals surface area contributed by atoms with Crippen LogP contribution in [0.15, 0.2) is 22.7 Å². The summed E-state index contributed by atoms with van der Waals surface area (Å²) in [5.74, 6) is -1.57. The van der Waals surface area contributed by atoms with Gasteiger partial charge in [0, 0.05) is 10.5 Å². The summed E-state index contributed by atoms with van der Waals surface area (Å²) in [6.07, 6.45) is 1.21. The summed E-state index contributed by atoms with van der Waals surface area (Å²) in [5, 5.41) is 21.0. The SMILES string of the molecule is CCCC(CC(=O)O)NC(=O)c1cc(Br)ccc1O. The first-order chi connectivity index (χ1) is 8.93. The van der Waals surface area contributed by atoms with E-state index < -0.39 is 17.9 Å². The van der Waals surface area contributed by atoms with Gasteiger partial charge in [-0.05, 0) is 24.6 Å². The predicted molar refractivity (Wildman–Crippen MR) is 74.2 cm³/mol. The summed E-state index contributed by atoms with van der Waals surface area (Å²) in [4.78, 5) is 22.7. The van der Waals surface area contributed by atoms with Crippen LogP contribution in [0.3, 0.4) is 0 Å². The van der Waals surface area contributed by atoms with Crippen molar-refractivity contribution in [1.82, 2.24) is 5.32 Å². The molecule has 5 nitrogen and oxygen atoms in total. The average Bonchev–Trinajstić information content (AvgIpc) is 2.31. The van der Waals surface area contributed by atoms with Crippen LogP contribution in [-0.2, 0) is 4.79 Å². The van der Waals surface area contributed by atoms with Crippen molar-refractivity contribution in [1.29, 1.82) is 0 Å². The summed E-state index contributed by atoms with van der Waals surface area (Å²) in [6.45, 7) is 1.91. The average molecular weight is 330 g/mol. The third-order valence-corrected chi connectivity index (χ3v) is 3.09. The number of halogens is 1. The van der Waals surface area contributed by atoms with Gasteiger partial charge in [0.15, 0.2) is 0 Å². The number of phenols is 1. The first-order valence-electron chi connectivity index (χ1n) is 5.95. The molecule has 1 rings (SSSR count). The molecule has 3 N–H and O–H groups in total. The Hall–Kier alpha value is -1.56. The standard InChI is InChI=1S/C13H16BrNO4/c1-2-3-9(7-12(17)18)15-13(19)10-6-8(14)4-5-11(10)16/h4-6,9,16H,2-3,7H2,1H3,(H,15,19)(H,17,18). The molecule has 0 fully saturated rings. The smallest absolute Gasteiger partial charge is 0.305 e. The molecule has 0 aliphatic carbocycles. The Morgan fingerprint density at radius 2 is 2.11 bits per heavy atom. The number of rotatable bonds is 6. The molecule has 104 valence electrons. The fourth-order valence-corrected chi connectivity index (χ4v) is 2.10. The van der Waals surface area contributed by atoms with E-state index >= 15 is 0 Å². The maximum Gasteiger partial charge on any atom is 0.305 e. The molecule has 19 heavy (non-hydrogen) atoms. The second kappa shape index (κ2) is 7.13. The third kappa shape index (κ3) is 4.90. The van der Waals surface area contributed by atoms with Crippen LogP contribution in [0.4, 0.5) is 0 Å². The number of hydrogen-bond donors (Lipinski definition) is 3. The Balaban J connectivity index is 2.81. The number of carboxylic acids is 1. The Labute approximate surface area is 119 Å². The minimum atomic E-state index is -0.961. The molecular formula is C13H16BrNO4. The number of aromatic hydroxyl groups is 1. The molecule has 1 aromatic carbocycles. The van der Waals surface area contributed by atoms with Crippen LogP contribution in [0.25, 0.3) is 0 Å². The Morgan fingerprint density at radius 3 is 2.68 bits per heavy atom. The van der Waals surface area contributed by atoms with Crippen LogP contribution in [-0.4, -0.2) is 28.1 Å². The minimum Gasteiger partial charge on any atom is -0.507 e. The van der Waals surface area contributed by atoms with Gasteiger partial charge in [0.25, 0.3) is 5.91 Å². The van der Waals surface area contributed by atoms with Gasteiger partial charge in [-0.25, -0.2) is 0 Å². The highest BCUT2D eigenvalue weighted by molar-refractivity contribution is 9.10. The van der Waals surface area contributed by atoms with E-state index in [-0.39, 0.29) is 17.7 Å². The van der Waals surface area contributed by atoms with Crippen LogP contribution in [0, 0.1) is 0 Å². The Kier molecular flexibility index (Phi) is 5.82. The molecule has 1 unspecified atom stereocenters. The Bertz CT molecular complexity index is 476. The van der Waals surface area contributed by atoms with Crippen LogP contribution in [0.1, 0.15) is 36.5 Å². The fourth-order valence-electron chi connectivity index (χ4n) is 1.74. The van der Waals surface area contributed by atoms with Crippen LogP contribution >= 0.6 is 15.9 Å². The van der Waals surface area contributed by atoms with Gasteiger partial charge in [-0.15, -0.1) is 0 Å². The molecule has 0 radical (unpaired) electrons. The molecule has 1 atom stereocenters. The van der Waals surface area contributed by atoms with E-state index in [1.165, 1.54) is 12.1 Å². The lowest BCUT2D eigenvalue weighted by molar-refractivity contribution is -0.137. The summed E-state index contributed by atoms with van der Waals surface area (Å²) in [5.41, 5.74) is 0.126. The summed E-state index contributed by atoms with van der Waals surface area (Å²) in [7, 11) is 0. The van der Waals surface area contributed by atoms with E-state index in [0.717, 1.165) is 6.42 Å². The van der Waals surface area contributed by atoms with Crippen LogP contribution < -0.4 is 5.32 Å². The molecule has 6 heteroatoms. The van der Waals surface area contributed by atoms with Crippen molar-refractivity contribution in [3.8, 4) is 5.75 Å². The zero-order chi connectivity index (χ0) is 14.4. The maximum absolute atomic E-state index is 12.0. The molecular weight excluding hydrogens is 314 g/mol. The predicted octanol–water partition coefficient (Wildman–Crippen LogP) is 2.53. The highest BCUT2D eigenvalue weighted by Crippen LogP contribution is 2.22. The minimum absolute atomic E-state index is 0.126. The lowest BCUT2D eigenvalue weighted by Gasteiger charge is -2.16. The van der Waals surface area contributed by atoms with Gasteiger partial charge in [0.2, 0.25) is 0 Å².